The quantitative estimate of drug-likeness (QED) is 0.863. The molecule has 1 aromatic heterocycles. The maximum absolute atomic E-state index is 9.73. The molecule has 0 spiro atoms. The van der Waals surface area contributed by atoms with Gasteiger partial charge in [0, 0.05) is 37.9 Å². The number of piperidine rings is 1. The molecule has 2 aromatic rings. The minimum absolute atomic E-state index is 0.276. The highest BCUT2D eigenvalue weighted by Crippen LogP contribution is 2.26. The fourth-order valence-electron chi connectivity index (χ4n) is 4.50. The SMILES string of the molecule is OC[C@@H]1C[C@@H](CN2CCCC2)CN(Cc2cc(-c3ccccc3)no2)C1. The highest BCUT2D eigenvalue weighted by molar-refractivity contribution is 5.58. The average Bonchev–Trinajstić information content (AvgIpc) is 3.34. The maximum Gasteiger partial charge on any atom is 0.151 e. The van der Waals surface area contributed by atoms with Gasteiger partial charge in [-0.1, -0.05) is 35.5 Å². The van der Waals surface area contributed by atoms with E-state index in [1.165, 1.54) is 32.5 Å². The van der Waals surface area contributed by atoms with Crippen molar-refractivity contribution in [3.63, 3.8) is 0 Å². The van der Waals surface area contributed by atoms with Crippen molar-refractivity contribution in [3.8, 4) is 11.3 Å². The van der Waals surface area contributed by atoms with E-state index in [2.05, 4.69) is 27.1 Å². The van der Waals surface area contributed by atoms with Gasteiger partial charge in [0.05, 0.1) is 6.54 Å². The number of hydrogen-bond donors (Lipinski definition) is 1. The maximum atomic E-state index is 9.73. The number of aromatic nitrogens is 1. The molecule has 0 bridgehead atoms. The Bertz CT molecular complexity index is 682. The molecule has 0 unspecified atom stereocenters. The molecule has 2 fully saturated rings. The van der Waals surface area contributed by atoms with Gasteiger partial charge in [0.15, 0.2) is 5.76 Å². The Morgan fingerprint density at radius 3 is 2.58 bits per heavy atom. The smallest absolute Gasteiger partial charge is 0.151 e. The monoisotopic (exact) mass is 355 g/mol. The van der Waals surface area contributed by atoms with E-state index in [9.17, 15) is 5.11 Å². The molecule has 2 aliphatic heterocycles. The molecular formula is C21H29N3O2. The normalized spacial score (nSPS) is 25.0. The van der Waals surface area contributed by atoms with Crippen molar-refractivity contribution in [2.45, 2.75) is 25.8 Å². The first-order chi connectivity index (χ1) is 12.8. The lowest BCUT2D eigenvalue weighted by Gasteiger charge is -2.38. The van der Waals surface area contributed by atoms with E-state index in [1.807, 2.05) is 24.3 Å². The van der Waals surface area contributed by atoms with Gasteiger partial charge in [-0.15, -0.1) is 0 Å². The Labute approximate surface area is 155 Å². The second kappa shape index (κ2) is 8.33. The molecule has 3 heterocycles. The summed E-state index contributed by atoms with van der Waals surface area (Å²) >= 11 is 0. The number of likely N-dealkylation sites (tertiary alicyclic amines) is 2. The zero-order valence-corrected chi connectivity index (χ0v) is 15.4. The number of aliphatic hydroxyl groups excluding tert-OH is 1. The minimum atomic E-state index is 0.276. The summed E-state index contributed by atoms with van der Waals surface area (Å²) in [7, 11) is 0. The topological polar surface area (TPSA) is 52.7 Å². The largest absolute Gasteiger partial charge is 0.396 e. The van der Waals surface area contributed by atoms with Gasteiger partial charge in [0.2, 0.25) is 0 Å². The molecule has 0 saturated carbocycles. The Balaban J connectivity index is 1.39. The molecule has 5 heteroatoms. The molecule has 5 nitrogen and oxygen atoms in total. The summed E-state index contributed by atoms with van der Waals surface area (Å²) in [5.41, 5.74) is 1.98. The van der Waals surface area contributed by atoms with Gasteiger partial charge in [-0.25, -0.2) is 0 Å². The van der Waals surface area contributed by atoms with E-state index in [-0.39, 0.29) is 6.61 Å². The lowest BCUT2D eigenvalue weighted by molar-refractivity contribution is 0.0607. The number of benzene rings is 1. The van der Waals surface area contributed by atoms with Crippen LogP contribution >= 0.6 is 0 Å². The molecule has 26 heavy (non-hydrogen) atoms. The van der Waals surface area contributed by atoms with Crippen LogP contribution in [0.1, 0.15) is 25.0 Å². The number of rotatable bonds is 6. The fourth-order valence-corrected chi connectivity index (χ4v) is 4.50. The summed E-state index contributed by atoms with van der Waals surface area (Å²) in [6, 6.07) is 12.2. The van der Waals surface area contributed by atoms with Crippen molar-refractivity contribution in [1.82, 2.24) is 15.0 Å². The van der Waals surface area contributed by atoms with Crippen LogP contribution in [0.15, 0.2) is 40.9 Å². The molecule has 4 rings (SSSR count). The third-order valence-electron chi connectivity index (χ3n) is 5.68. The predicted molar refractivity (Wildman–Crippen MR) is 102 cm³/mol. The Hall–Kier alpha value is -1.69. The highest BCUT2D eigenvalue weighted by atomic mass is 16.5. The van der Waals surface area contributed by atoms with Crippen molar-refractivity contribution in [2.24, 2.45) is 11.8 Å². The van der Waals surface area contributed by atoms with E-state index < -0.39 is 0 Å². The lowest BCUT2D eigenvalue weighted by Crippen LogP contribution is -2.44. The average molecular weight is 355 g/mol. The van der Waals surface area contributed by atoms with E-state index in [4.69, 9.17) is 4.52 Å². The number of hydrogen-bond acceptors (Lipinski definition) is 5. The van der Waals surface area contributed by atoms with Gasteiger partial charge in [0.1, 0.15) is 5.69 Å². The Morgan fingerprint density at radius 1 is 1.04 bits per heavy atom. The minimum Gasteiger partial charge on any atom is -0.396 e. The number of aliphatic hydroxyl groups is 1. The van der Waals surface area contributed by atoms with Gasteiger partial charge in [-0.05, 0) is 44.2 Å². The zero-order valence-electron chi connectivity index (χ0n) is 15.4. The third kappa shape index (κ3) is 4.34. The molecule has 140 valence electrons. The van der Waals surface area contributed by atoms with Crippen LogP contribution in [0.2, 0.25) is 0 Å². The van der Waals surface area contributed by atoms with Gasteiger partial charge in [0.25, 0.3) is 0 Å². The summed E-state index contributed by atoms with van der Waals surface area (Å²) in [5.74, 6) is 1.91. The van der Waals surface area contributed by atoms with Crippen LogP contribution in [0.4, 0.5) is 0 Å². The second-order valence-electron chi connectivity index (χ2n) is 7.90. The van der Waals surface area contributed by atoms with Crippen LogP contribution in [0.25, 0.3) is 11.3 Å². The first-order valence-corrected chi connectivity index (χ1v) is 9.86. The molecule has 1 N–H and O–H groups in total. The second-order valence-corrected chi connectivity index (χ2v) is 7.90. The molecule has 0 aliphatic carbocycles. The third-order valence-corrected chi connectivity index (χ3v) is 5.68. The molecular weight excluding hydrogens is 326 g/mol. The van der Waals surface area contributed by atoms with Gasteiger partial charge in [-0.3, -0.25) is 4.90 Å². The molecule has 0 amide bonds. The van der Waals surface area contributed by atoms with Crippen LogP contribution in [-0.4, -0.2) is 59.4 Å². The zero-order chi connectivity index (χ0) is 17.8. The van der Waals surface area contributed by atoms with Crippen LogP contribution in [0, 0.1) is 11.8 Å². The van der Waals surface area contributed by atoms with Crippen molar-refractivity contribution < 1.29 is 9.63 Å². The first kappa shape index (κ1) is 17.7. The van der Waals surface area contributed by atoms with E-state index >= 15 is 0 Å². The summed E-state index contributed by atoms with van der Waals surface area (Å²) in [6.45, 7) is 6.71. The van der Waals surface area contributed by atoms with Crippen molar-refractivity contribution in [2.75, 3.05) is 39.3 Å². The van der Waals surface area contributed by atoms with Crippen molar-refractivity contribution >= 4 is 0 Å². The molecule has 2 saturated heterocycles. The van der Waals surface area contributed by atoms with E-state index in [0.29, 0.717) is 11.8 Å². The van der Waals surface area contributed by atoms with Crippen LogP contribution < -0.4 is 0 Å². The summed E-state index contributed by atoms with van der Waals surface area (Å²) < 4.78 is 5.59. The summed E-state index contributed by atoms with van der Waals surface area (Å²) in [5, 5.41) is 14.0. The van der Waals surface area contributed by atoms with E-state index in [0.717, 1.165) is 43.1 Å². The standard InChI is InChI=1S/C21H29N3O2/c25-16-18-10-17(12-23-8-4-5-9-23)13-24(14-18)15-20-11-21(22-26-20)19-6-2-1-3-7-19/h1-3,6-7,11,17-18,25H,4-5,8-10,12-16H2/t17-,18+/m0/s1. The van der Waals surface area contributed by atoms with Crippen molar-refractivity contribution in [3.05, 3.63) is 42.2 Å². The Morgan fingerprint density at radius 2 is 1.81 bits per heavy atom. The van der Waals surface area contributed by atoms with Crippen LogP contribution in [0.3, 0.4) is 0 Å². The predicted octanol–water partition coefficient (Wildman–Crippen LogP) is 2.87. The van der Waals surface area contributed by atoms with Crippen molar-refractivity contribution in [1.29, 1.82) is 0 Å². The first-order valence-electron chi connectivity index (χ1n) is 9.86. The fraction of sp³-hybridized carbons (Fsp3) is 0.571. The molecule has 2 atom stereocenters. The molecule has 1 aromatic carbocycles. The summed E-state index contributed by atoms with van der Waals surface area (Å²) in [6.07, 6.45) is 3.80. The Kier molecular flexibility index (Phi) is 5.68. The lowest BCUT2D eigenvalue weighted by atomic mass is 9.89. The van der Waals surface area contributed by atoms with Gasteiger partial charge in [-0.2, -0.15) is 0 Å². The van der Waals surface area contributed by atoms with Crippen LogP contribution in [0.5, 0.6) is 0 Å². The van der Waals surface area contributed by atoms with Crippen LogP contribution in [-0.2, 0) is 6.54 Å². The highest BCUT2D eigenvalue weighted by Gasteiger charge is 2.29. The molecule has 0 radical (unpaired) electrons. The van der Waals surface area contributed by atoms with Gasteiger partial charge < -0.3 is 14.5 Å². The number of nitrogens with zero attached hydrogens (tertiary/aromatic N) is 3. The molecule has 2 aliphatic rings. The summed E-state index contributed by atoms with van der Waals surface area (Å²) in [4.78, 5) is 5.02. The van der Waals surface area contributed by atoms with Gasteiger partial charge >= 0.3 is 0 Å². The van der Waals surface area contributed by atoms with E-state index in [1.54, 1.807) is 0 Å².